The summed E-state index contributed by atoms with van der Waals surface area (Å²) in [7, 11) is 1.38. The van der Waals surface area contributed by atoms with Crippen molar-refractivity contribution in [2.24, 2.45) is 0 Å². The lowest BCUT2D eigenvalue weighted by Crippen LogP contribution is -2.08. The van der Waals surface area contributed by atoms with Gasteiger partial charge >= 0.3 is 5.97 Å². The quantitative estimate of drug-likeness (QED) is 0.545. The number of halogens is 1. The molecule has 0 saturated heterocycles. The second-order valence-corrected chi connectivity index (χ2v) is 2.44. The number of esters is 1. The van der Waals surface area contributed by atoms with Gasteiger partial charge in [-0.2, -0.15) is 4.39 Å². The lowest BCUT2D eigenvalue weighted by Gasteiger charge is -2.03. The number of hydrogen-bond donors (Lipinski definition) is 0. The first-order valence-corrected chi connectivity index (χ1v) is 4.06. The molecular weight excluding hydrogens is 189 g/mol. The highest BCUT2D eigenvalue weighted by atomic mass is 19.1. The highest BCUT2D eigenvalue weighted by Crippen LogP contribution is 2.13. The van der Waals surface area contributed by atoms with Crippen LogP contribution in [0.15, 0.2) is 12.1 Å². The lowest BCUT2D eigenvalue weighted by molar-refractivity contribution is 0.0517. The van der Waals surface area contributed by atoms with Crippen molar-refractivity contribution in [3.63, 3.8) is 0 Å². The highest BCUT2D eigenvalue weighted by molar-refractivity contribution is 5.87. The fraction of sp³-hybridized carbons (Fsp3) is 0.333. The maximum atomic E-state index is 12.8. The summed E-state index contributed by atoms with van der Waals surface area (Å²) >= 11 is 0. The van der Waals surface area contributed by atoms with Gasteiger partial charge in [-0.15, -0.1) is 0 Å². The average Bonchev–Trinajstić information content (AvgIpc) is 2.17. The first-order valence-electron chi connectivity index (χ1n) is 4.06. The predicted octanol–water partition coefficient (Wildman–Crippen LogP) is 1.41. The Morgan fingerprint density at radius 2 is 2.29 bits per heavy atom. The largest absolute Gasteiger partial charge is 0.497 e. The van der Waals surface area contributed by atoms with Gasteiger partial charge in [0.1, 0.15) is 5.75 Å². The van der Waals surface area contributed by atoms with E-state index in [2.05, 4.69) is 9.72 Å². The molecule has 0 radical (unpaired) electrons. The summed E-state index contributed by atoms with van der Waals surface area (Å²) in [6.07, 6.45) is 0. The van der Waals surface area contributed by atoms with E-state index in [1.54, 1.807) is 6.92 Å². The van der Waals surface area contributed by atoms with Gasteiger partial charge in [0.05, 0.1) is 13.7 Å². The van der Waals surface area contributed by atoms with Crippen LogP contribution in [0.4, 0.5) is 4.39 Å². The Hall–Kier alpha value is -1.65. The highest BCUT2D eigenvalue weighted by Gasteiger charge is 2.11. The molecule has 14 heavy (non-hydrogen) atoms. The minimum atomic E-state index is -0.771. The summed E-state index contributed by atoms with van der Waals surface area (Å²) in [5.74, 6) is -1.20. The minimum absolute atomic E-state index is 0.0938. The number of aromatic nitrogens is 1. The summed E-state index contributed by atoms with van der Waals surface area (Å²) in [5, 5.41) is 0. The molecule has 76 valence electrons. The maximum absolute atomic E-state index is 12.8. The normalized spacial score (nSPS) is 9.64. The van der Waals surface area contributed by atoms with Gasteiger partial charge in [-0.05, 0) is 6.92 Å². The molecule has 1 aromatic heterocycles. The van der Waals surface area contributed by atoms with E-state index in [0.29, 0.717) is 0 Å². The number of methoxy groups -OCH3 is 1. The van der Waals surface area contributed by atoms with E-state index in [4.69, 9.17) is 4.74 Å². The van der Waals surface area contributed by atoms with Crippen molar-refractivity contribution in [2.45, 2.75) is 6.92 Å². The molecule has 4 nitrogen and oxygen atoms in total. The van der Waals surface area contributed by atoms with Crippen LogP contribution in [0.25, 0.3) is 0 Å². The Morgan fingerprint density at radius 3 is 2.86 bits per heavy atom. The zero-order chi connectivity index (χ0) is 10.6. The Balaban J connectivity index is 2.96. The summed E-state index contributed by atoms with van der Waals surface area (Å²) < 4.78 is 22.3. The van der Waals surface area contributed by atoms with E-state index in [1.165, 1.54) is 13.2 Å². The molecule has 0 N–H and O–H groups in total. The summed E-state index contributed by atoms with van der Waals surface area (Å²) in [5.41, 5.74) is -0.0938. The monoisotopic (exact) mass is 199 g/mol. The van der Waals surface area contributed by atoms with Crippen molar-refractivity contribution >= 4 is 5.97 Å². The molecule has 5 heteroatoms. The molecule has 0 unspecified atom stereocenters. The molecule has 0 saturated carbocycles. The van der Waals surface area contributed by atoms with Gasteiger partial charge in [-0.3, -0.25) is 0 Å². The van der Waals surface area contributed by atoms with E-state index in [1.807, 2.05) is 0 Å². The van der Waals surface area contributed by atoms with Crippen molar-refractivity contribution < 1.29 is 18.7 Å². The first kappa shape index (κ1) is 10.4. The molecule has 0 aliphatic carbocycles. The number of pyridine rings is 1. The third-order valence-corrected chi connectivity index (χ3v) is 1.49. The van der Waals surface area contributed by atoms with Gasteiger partial charge in [-0.1, -0.05) is 0 Å². The maximum Gasteiger partial charge on any atom is 0.357 e. The van der Waals surface area contributed by atoms with Crippen LogP contribution in [0, 0.1) is 5.95 Å². The summed E-state index contributed by atoms with van der Waals surface area (Å²) in [4.78, 5) is 14.5. The molecule has 0 bridgehead atoms. The van der Waals surface area contributed by atoms with Crippen LogP contribution < -0.4 is 4.74 Å². The fourth-order valence-corrected chi connectivity index (χ4v) is 0.901. The molecule has 0 aromatic carbocycles. The van der Waals surface area contributed by atoms with Crippen LogP contribution in [-0.4, -0.2) is 24.7 Å². The molecule has 0 amide bonds. The van der Waals surface area contributed by atoms with Crippen molar-refractivity contribution in [1.29, 1.82) is 0 Å². The van der Waals surface area contributed by atoms with Gasteiger partial charge in [-0.25, -0.2) is 9.78 Å². The molecular formula is C9H10FNO3. The van der Waals surface area contributed by atoms with Crippen LogP contribution in [0.2, 0.25) is 0 Å². The molecule has 1 rings (SSSR count). The van der Waals surface area contributed by atoms with Crippen LogP contribution in [-0.2, 0) is 4.74 Å². The number of carbonyl (C=O) groups is 1. The van der Waals surface area contributed by atoms with E-state index in [9.17, 15) is 9.18 Å². The zero-order valence-corrected chi connectivity index (χ0v) is 7.91. The van der Waals surface area contributed by atoms with Crippen LogP contribution >= 0.6 is 0 Å². The van der Waals surface area contributed by atoms with Gasteiger partial charge in [0, 0.05) is 12.1 Å². The molecule has 1 heterocycles. The number of nitrogens with zero attached hydrogens (tertiary/aromatic N) is 1. The molecule has 0 aliphatic heterocycles. The SMILES string of the molecule is CCOC(=O)c1cc(OC)cc(F)n1. The van der Waals surface area contributed by atoms with E-state index < -0.39 is 11.9 Å². The molecule has 0 atom stereocenters. The number of carbonyl (C=O) groups excluding carboxylic acids is 1. The number of hydrogen-bond acceptors (Lipinski definition) is 4. The molecule has 1 aromatic rings. The van der Waals surface area contributed by atoms with Crippen molar-refractivity contribution in [3.8, 4) is 5.75 Å². The van der Waals surface area contributed by atoms with Gasteiger partial charge in [0.25, 0.3) is 0 Å². The van der Waals surface area contributed by atoms with E-state index in [-0.39, 0.29) is 18.1 Å². The van der Waals surface area contributed by atoms with Crippen molar-refractivity contribution in [3.05, 3.63) is 23.8 Å². The standard InChI is InChI=1S/C9H10FNO3/c1-3-14-9(12)7-4-6(13-2)5-8(10)11-7/h4-5H,3H2,1-2H3. The molecule has 0 spiro atoms. The zero-order valence-electron chi connectivity index (χ0n) is 7.91. The third-order valence-electron chi connectivity index (χ3n) is 1.49. The topological polar surface area (TPSA) is 48.4 Å². The van der Waals surface area contributed by atoms with Crippen LogP contribution in [0.5, 0.6) is 5.75 Å². The lowest BCUT2D eigenvalue weighted by atomic mass is 10.3. The predicted molar refractivity (Wildman–Crippen MR) is 46.7 cm³/mol. The van der Waals surface area contributed by atoms with Crippen molar-refractivity contribution in [1.82, 2.24) is 4.98 Å². The molecule has 0 aliphatic rings. The van der Waals surface area contributed by atoms with Gasteiger partial charge in [0.15, 0.2) is 5.69 Å². The van der Waals surface area contributed by atoms with Gasteiger partial charge < -0.3 is 9.47 Å². The Bertz CT molecular complexity index is 341. The Kier molecular flexibility index (Phi) is 3.39. The summed E-state index contributed by atoms with van der Waals surface area (Å²) in [6, 6.07) is 2.41. The van der Waals surface area contributed by atoms with Crippen LogP contribution in [0.3, 0.4) is 0 Å². The smallest absolute Gasteiger partial charge is 0.357 e. The average molecular weight is 199 g/mol. The Morgan fingerprint density at radius 1 is 1.57 bits per heavy atom. The fourth-order valence-electron chi connectivity index (χ4n) is 0.901. The third kappa shape index (κ3) is 2.42. The number of rotatable bonds is 3. The first-order chi connectivity index (χ1) is 6.67. The van der Waals surface area contributed by atoms with Crippen molar-refractivity contribution in [2.75, 3.05) is 13.7 Å². The van der Waals surface area contributed by atoms with E-state index in [0.717, 1.165) is 6.07 Å². The number of ether oxygens (including phenoxy) is 2. The Labute approximate surface area is 80.7 Å². The minimum Gasteiger partial charge on any atom is -0.497 e. The van der Waals surface area contributed by atoms with E-state index >= 15 is 0 Å². The summed E-state index contributed by atoms with van der Waals surface area (Å²) in [6.45, 7) is 1.88. The van der Waals surface area contributed by atoms with Gasteiger partial charge in [0.2, 0.25) is 5.95 Å². The second kappa shape index (κ2) is 4.55. The second-order valence-electron chi connectivity index (χ2n) is 2.44. The molecule has 0 fully saturated rings. The van der Waals surface area contributed by atoms with Crippen LogP contribution in [0.1, 0.15) is 17.4 Å².